The zero-order chi connectivity index (χ0) is 20.3. The van der Waals surface area contributed by atoms with Gasteiger partial charge in [0.05, 0.1) is 4.90 Å². The topological polar surface area (TPSA) is 75.3 Å². The highest BCUT2D eigenvalue weighted by Gasteiger charge is 2.17. The standard InChI is InChI=1S/C21H19FN2O3S/c1-14-10-15(2)12-19(11-14)24-28(26,27)20-5-3-4-16(13-20)21(25)23-18-8-6-17(22)7-9-18/h3-13,24H,1-2H3,(H,23,25). The third kappa shape index (κ3) is 4.75. The molecule has 0 heterocycles. The maximum atomic E-state index is 13.0. The van der Waals surface area contributed by atoms with E-state index in [0.717, 1.165) is 11.1 Å². The lowest BCUT2D eigenvalue weighted by Crippen LogP contribution is -2.16. The molecule has 0 aliphatic heterocycles. The number of hydrogen-bond donors (Lipinski definition) is 2. The monoisotopic (exact) mass is 398 g/mol. The van der Waals surface area contributed by atoms with Crippen molar-refractivity contribution in [2.75, 3.05) is 10.0 Å². The highest BCUT2D eigenvalue weighted by Crippen LogP contribution is 2.20. The van der Waals surface area contributed by atoms with Crippen LogP contribution >= 0.6 is 0 Å². The van der Waals surface area contributed by atoms with Crippen molar-refractivity contribution in [1.29, 1.82) is 0 Å². The van der Waals surface area contributed by atoms with Gasteiger partial charge in [-0.2, -0.15) is 0 Å². The van der Waals surface area contributed by atoms with Crippen LogP contribution in [0.2, 0.25) is 0 Å². The largest absolute Gasteiger partial charge is 0.322 e. The van der Waals surface area contributed by atoms with Gasteiger partial charge in [-0.3, -0.25) is 9.52 Å². The summed E-state index contributed by atoms with van der Waals surface area (Å²) in [6.45, 7) is 3.76. The minimum absolute atomic E-state index is 0.0292. The summed E-state index contributed by atoms with van der Waals surface area (Å²) in [5.41, 5.74) is 2.91. The Bertz CT molecular complexity index is 1110. The van der Waals surface area contributed by atoms with Gasteiger partial charge in [-0.25, -0.2) is 12.8 Å². The highest BCUT2D eigenvalue weighted by molar-refractivity contribution is 7.92. The average molecular weight is 398 g/mol. The van der Waals surface area contributed by atoms with Crippen molar-refractivity contribution in [3.05, 3.63) is 89.2 Å². The van der Waals surface area contributed by atoms with Gasteiger partial charge in [0, 0.05) is 16.9 Å². The van der Waals surface area contributed by atoms with Gasteiger partial charge in [-0.05, 0) is 79.6 Å². The van der Waals surface area contributed by atoms with E-state index in [0.29, 0.717) is 11.4 Å². The fraction of sp³-hybridized carbons (Fsp3) is 0.0952. The Hall–Kier alpha value is -3.19. The molecule has 0 bridgehead atoms. The molecule has 7 heteroatoms. The molecule has 5 nitrogen and oxygen atoms in total. The fourth-order valence-corrected chi connectivity index (χ4v) is 3.87. The second kappa shape index (κ2) is 7.82. The first-order valence-corrected chi connectivity index (χ1v) is 9.99. The first-order chi connectivity index (χ1) is 13.2. The van der Waals surface area contributed by atoms with Crippen molar-refractivity contribution in [2.45, 2.75) is 18.7 Å². The van der Waals surface area contributed by atoms with Crippen LogP contribution in [-0.2, 0) is 10.0 Å². The first kappa shape index (κ1) is 19.6. The first-order valence-electron chi connectivity index (χ1n) is 8.51. The van der Waals surface area contributed by atoms with Crippen molar-refractivity contribution in [1.82, 2.24) is 0 Å². The molecule has 0 aliphatic rings. The predicted octanol–water partition coefficient (Wildman–Crippen LogP) is 4.50. The Morgan fingerprint density at radius 3 is 2.14 bits per heavy atom. The average Bonchev–Trinajstić information content (AvgIpc) is 2.62. The molecule has 2 N–H and O–H groups in total. The molecular formula is C21H19FN2O3S. The third-order valence-corrected chi connectivity index (χ3v) is 5.36. The van der Waals surface area contributed by atoms with Crippen molar-refractivity contribution in [3.8, 4) is 0 Å². The number of hydrogen-bond acceptors (Lipinski definition) is 3. The van der Waals surface area contributed by atoms with Gasteiger partial charge in [-0.15, -0.1) is 0 Å². The number of carbonyl (C=O) groups excluding carboxylic acids is 1. The summed E-state index contributed by atoms with van der Waals surface area (Å²) in [5, 5.41) is 2.61. The summed E-state index contributed by atoms with van der Waals surface area (Å²) < 4.78 is 40.9. The van der Waals surface area contributed by atoms with E-state index in [1.165, 1.54) is 48.5 Å². The molecule has 3 rings (SSSR count). The van der Waals surface area contributed by atoms with Gasteiger partial charge in [0.15, 0.2) is 0 Å². The van der Waals surface area contributed by atoms with Gasteiger partial charge in [-0.1, -0.05) is 12.1 Å². The minimum Gasteiger partial charge on any atom is -0.322 e. The molecule has 3 aromatic rings. The zero-order valence-electron chi connectivity index (χ0n) is 15.4. The smallest absolute Gasteiger partial charge is 0.261 e. The molecule has 0 saturated heterocycles. The lowest BCUT2D eigenvalue weighted by Gasteiger charge is -2.11. The summed E-state index contributed by atoms with van der Waals surface area (Å²) >= 11 is 0. The number of amides is 1. The molecule has 0 unspecified atom stereocenters. The number of sulfonamides is 1. The predicted molar refractivity (Wildman–Crippen MR) is 108 cm³/mol. The van der Waals surface area contributed by atoms with Crippen LogP contribution in [0.25, 0.3) is 0 Å². The zero-order valence-corrected chi connectivity index (χ0v) is 16.2. The number of benzene rings is 3. The van der Waals surface area contributed by atoms with E-state index < -0.39 is 21.7 Å². The van der Waals surface area contributed by atoms with Gasteiger partial charge in [0.25, 0.3) is 15.9 Å². The summed E-state index contributed by atoms with van der Waals surface area (Å²) in [5.74, 6) is -0.904. The molecule has 0 aromatic heterocycles. The van der Waals surface area contributed by atoms with E-state index in [9.17, 15) is 17.6 Å². The van der Waals surface area contributed by atoms with E-state index in [1.54, 1.807) is 12.1 Å². The Morgan fingerprint density at radius 1 is 0.857 bits per heavy atom. The van der Waals surface area contributed by atoms with E-state index >= 15 is 0 Å². The maximum absolute atomic E-state index is 13.0. The van der Waals surface area contributed by atoms with Crippen LogP contribution in [0.15, 0.2) is 71.6 Å². The Labute approximate surface area is 163 Å². The molecule has 0 spiro atoms. The van der Waals surface area contributed by atoms with Gasteiger partial charge >= 0.3 is 0 Å². The van der Waals surface area contributed by atoms with Gasteiger partial charge in [0.1, 0.15) is 5.82 Å². The number of nitrogens with one attached hydrogen (secondary N) is 2. The normalized spacial score (nSPS) is 11.1. The SMILES string of the molecule is Cc1cc(C)cc(NS(=O)(=O)c2cccc(C(=O)Nc3ccc(F)cc3)c2)c1. The van der Waals surface area contributed by atoms with Crippen LogP contribution in [0.5, 0.6) is 0 Å². The quantitative estimate of drug-likeness (QED) is 0.665. The van der Waals surface area contributed by atoms with E-state index in [2.05, 4.69) is 10.0 Å². The van der Waals surface area contributed by atoms with Gasteiger partial charge in [0.2, 0.25) is 0 Å². The summed E-state index contributed by atoms with van der Waals surface area (Å²) in [6.07, 6.45) is 0. The lowest BCUT2D eigenvalue weighted by molar-refractivity contribution is 0.102. The molecule has 3 aromatic carbocycles. The van der Waals surface area contributed by atoms with E-state index in [4.69, 9.17) is 0 Å². The van der Waals surface area contributed by atoms with Crippen molar-refractivity contribution in [2.24, 2.45) is 0 Å². The second-order valence-corrected chi connectivity index (χ2v) is 8.15. The van der Waals surface area contributed by atoms with Crippen molar-refractivity contribution >= 4 is 27.3 Å². The van der Waals surface area contributed by atoms with Crippen molar-refractivity contribution < 1.29 is 17.6 Å². The van der Waals surface area contributed by atoms with Crippen LogP contribution in [0.1, 0.15) is 21.5 Å². The fourth-order valence-electron chi connectivity index (χ4n) is 2.79. The maximum Gasteiger partial charge on any atom is 0.261 e. The Morgan fingerprint density at radius 2 is 1.50 bits per heavy atom. The Balaban J connectivity index is 1.83. The summed E-state index contributed by atoms with van der Waals surface area (Å²) in [6, 6.07) is 16.4. The minimum atomic E-state index is -3.86. The highest BCUT2D eigenvalue weighted by atomic mass is 32.2. The molecule has 0 atom stereocenters. The molecule has 0 saturated carbocycles. The second-order valence-electron chi connectivity index (χ2n) is 6.47. The van der Waals surface area contributed by atoms with Gasteiger partial charge < -0.3 is 5.32 Å². The summed E-state index contributed by atoms with van der Waals surface area (Å²) in [7, 11) is -3.86. The van der Waals surface area contributed by atoms with Crippen LogP contribution in [-0.4, -0.2) is 14.3 Å². The molecule has 1 amide bonds. The molecule has 28 heavy (non-hydrogen) atoms. The van der Waals surface area contributed by atoms with Crippen LogP contribution in [0.3, 0.4) is 0 Å². The molecule has 144 valence electrons. The molecule has 0 aliphatic carbocycles. The molecule has 0 radical (unpaired) electrons. The van der Waals surface area contributed by atoms with E-state index in [-0.39, 0.29) is 10.5 Å². The van der Waals surface area contributed by atoms with Crippen LogP contribution in [0.4, 0.5) is 15.8 Å². The number of anilines is 2. The number of halogens is 1. The number of rotatable bonds is 5. The van der Waals surface area contributed by atoms with Crippen LogP contribution < -0.4 is 10.0 Å². The van der Waals surface area contributed by atoms with Crippen LogP contribution in [0, 0.1) is 19.7 Å². The lowest BCUT2D eigenvalue weighted by atomic mass is 10.1. The van der Waals surface area contributed by atoms with E-state index in [1.807, 2.05) is 19.9 Å². The Kier molecular flexibility index (Phi) is 5.46. The number of carbonyl (C=O) groups is 1. The van der Waals surface area contributed by atoms with Crippen molar-refractivity contribution in [3.63, 3.8) is 0 Å². The number of aryl methyl sites for hydroxylation is 2. The summed E-state index contributed by atoms with van der Waals surface area (Å²) in [4.78, 5) is 12.4. The third-order valence-electron chi connectivity index (χ3n) is 3.98. The molecular weight excluding hydrogens is 379 g/mol. The molecule has 0 fully saturated rings.